The maximum absolute atomic E-state index is 4.51. The first-order valence-corrected chi connectivity index (χ1v) is 6.01. The Morgan fingerprint density at radius 2 is 1.94 bits per heavy atom. The number of hydrogen-bond acceptors (Lipinski definition) is 2. The van der Waals surface area contributed by atoms with E-state index in [1.807, 2.05) is 25.7 Å². The third-order valence-corrected chi connectivity index (χ3v) is 3.21. The monoisotopic (exact) mass is 235 g/mol. The summed E-state index contributed by atoms with van der Waals surface area (Å²) in [6.45, 7) is 4.12. The molecule has 0 aliphatic rings. The van der Waals surface area contributed by atoms with E-state index >= 15 is 0 Å². The molecule has 0 fully saturated rings. The normalized spacial score (nSPS) is 11.0. The van der Waals surface area contributed by atoms with Gasteiger partial charge in [-0.3, -0.25) is 0 Å². The van der Waals surface area contributed by atoms with Gasteiger partial charge in [0.2, 0.25) is 0 Å². The van der Waals surface area contributed by atoms with Gasteiger partial charge in [-0.15, -0.1) is 0 Å². The van der Waals surface area contributed by atoms with Crippen LogP contribution in [0.1, 0.15) is 11.3 Å². The van der Waals surface area contributed by atoms with Crippen LogP contribution in [0.5, 0.6) is 0 Å². The summed E-state index contributed by atoms with van der Waals surface area (Å²) in [5.41, 5.74) is 5.56. The van der Waals surface area contributed by atoms with E-state index in [4.69, 9.17) is 0 Å². The summed E-state index contributed by atoms with van der Waals surface area (Å²) in [5.74, 6) is 0. The van der Waals surface area contributed by atoms with Gasteiger partial charge in [0.1, 0.15) is 5.65 Å². The molecule has 0 radical (unpaired) electrons. The van der Waals surface area contributed by atoms with E-state index in [-0.39, 0.29) is 0 Å². The molecule has 0 amide bonds. The standard InChI is InChI=1S/C14H14BN3/c1-9-4-3-5-11(6-9)12-7-13-10(2)17-18(15)14(13)16-8-12/h3-8H,15H2,1-2H3. The minimum atomic E-state index is 0.934. The lowest BCUT2D eigenvalue weighted by atomic mass is 10.0. The first-order valence-electron chi connectivity index (χ1n) is 6.01. The van der Waals surface area contributed by atoms with Gasteiger partial charge in [0.05, 0.1) is 5.69 Å². The average Bonchev–Trinajstić information content (AvgIpc) is 2.65. The highest BCUT2D eigenvalue weighted by atomic mass is 15.2. The van der Waals surface area contributed by atoms with Crippen molar-refractivity contribution in [2.75, 3.05) is 0 Å². The van der Waals surface area contributed by atoms with E-state index in [1.165, 1.54) is 11.1 Å². The number of nitrogens with zero attached hydrogens (tertiary/aromatic N) is 3. The second-order valence-electron chi connectivity index (χ2n) is 4.67. The smallest absolute Gasteiger partial charge is 0.251 e. The second-order valence-corrected chi connectivity index (χ2v) is 4.67. The summed E-state index contributed by atoms with van der Waals surface area (Å²) >= 11 is 0. The fourth-order valence-corrected chi connectivity index (χ4v) is 2.29. The van der Waals surface area contributed by atoms with Gasteiger partial charge in [0.25, 0.3) is 7.98 Å². The molecule has 4 heteroatoms. The molecule has 0 spiro atoms. The lowest BCUT2D eigenvalue weighted by molar-refractivity contribution is 0.974. The Balaban J connectivity index is 2.22. The van der Waals surface area contributed by atoms with Crippen molar-refractivity contribution in [2.24, 2.45) is 0 Å². The largest absolute Gasteiger partial charge is 0.304 e. The van der Waals surface area contributed by atoms with Gasteiger partial charge in [-0.2, -0.15) is 5.10 Å². The van der Waals surface area contributed by atoms with Crippen molar-refractivity contribution >= 4 is 19.0 Å². The van der Waals surface area contributed by atoms with Crippen molar-refractivity contribution in [3.63, 3.8) is 0 Å². The molecule has 2 aromatic heterocycles. The highest BCUT2D eigenvalue weighted by Gasteiger charge is 2.07. The van der Waals surface area contributed by atoms with Crippen molar-refractivity contribution in [3.8, 4) is 11.1 Å². The summed E-state index contributed by atoms with van der Waals surface area (Å²) in [5, 5.41) is 5.52. The van der Waals surface area contributed by atoms with Crippen LogP contribution >= 0.6 is 0 Å². The van der Waals surface area contributed by atoms with Crippen LogP contribution in [0, 0.1) is 13.8 Å². The molecule has 18 heavy (non-hydrogen) atoms. The van der Waals surface area contributed by atoms with Crippen LogP contribution in [0.4, 0.5) is 0 Å². The Hall–Kier alpha value is -2.10. The summed E-state index contributed by atoms with van der Waals surface area (Å²) in [6.07, 6.45) is 1.91. The van der Waals surface area contributed by atoms with Gasteiger partial charge in [-0.1, -0.05) is 29.8 Å². The molecule has 0 saturated heterocycles. The van der Waals surface area contributed by atoms with Gasteiger partial charge >= 0.3 is 0 Å². The fourth-order valence-electron chi connectivity index (χ4n) is 2.29. The Kier molecular flexibility index (Phi) is 2.44. The van der Waals surface area contributed by atoms with Crippen LogP contribution in [-0.2, 0) is 0 Å². The highest BCUT2D eigenvalue weighted by Crippen LogP contribution is 2.24. The molecule has 88 valence electrons. The Morgan fingerprint density at radius 1 is 1.11 bits per heavy atom. The predicted octanol–water partition coefficient (Wildman–Crippen LogP) is 2.11. The van der Waals surface area contributed by atoms with Crippen LogP contribution < -0.4 is 0 Å². The topological polar surface area (TPSA) is 30.7 Å². The summed E-state index contributed by atoms with van der Waals surface area (Å²) < 4.78 is 1.82. The minimum absolute atomic E-state index is 0.934. The van der Waals surface area contributed by atoms with Crippen molar-refractivity contribution in [3.05, 3.63) is 47.8 Å². The highest BCUT2D eigenvalue weighted by molar-refractivity contribution is 6.10. The van der Waals surface area contributed by atoms with E-state index < -0.39 is 0 Å². The number of benzene rings is 1. The number of rotatable bonds is 1. The molecule has 0 atom stereocenters. The van der Waals surface area contributed by atoms with E-state index in [1.54, 1.807) is 0 Å². The molecule has 3 nitrogen and oxygen atoms in total. The number of pyridine rings is 1. The zero-order valence-corrected chi connectivity index (χ0v) is 10.8. The Labute approximate surface area is 107 Å². The Bertz CT molecular complexity index is 731. The third kappa shape index (κ3) is 1.70. The van der Waals surface area contributed by atoms with Crippen LogP contribution in [0.2, 0.25) is 0 Å². The molecule has 0 aliphatic carbocycles. The average molecular weight is 235 g/mol. The molecule has 2 heterocycles. The molecule has 1 aromatic carbocycles. The zero-order chi connectivity index (χ0) is 12.7. The molecule has 0 aliphatic heterocycles. The van der Waals surface area contributed by atoms with Crippen molar-refractivity contribution in [1.29, 1.82) is 0 Å². The SMILES string of the molecule is Bn1nc(C)c2cc(-c3cccc(C)c3)cnc21. The first kappa shape index (κ1) is 11.0. The second kappa shape index (κ2) is 3.98. The number of hydrogen-bond donors (Lipinski definition) is 0. The summed E-state index contributed by atoms with van der Waals surface area (Å²) in [6, 6.07) is 10.6. The van der Waals surface area contributed by atoms with Crippen molar-refractivity contribution < 1.29 is 0 Å². The molecule has 0 N–H and O–H groups in total. The van der Waals surface area contributed by atoms with Crippen molar-refractivity contribution in [1.82, 2.24) is 14.7 Å². The fraction of sp³-hybridized carbons (Fsp3) is 0.143. The minimum Gasteiger partial charge on any atom is -0.304 e. The van der Waals surface area contributed by atoms with E-state index in [9.17, 15) is 0 Å². The summed E-state index contributed by atoms with van der Waals surface area (Å²) in [4.78, 5) is 4.51. The van der Waals surface area contributed by atoms with Gasteiger partial charge in [-0.25, -0.2) is 4.98 Å². The number of aryl methyl sites for hydroxylation is 2. The molecular weight excluding hydrogens is 221 g/mol. The quantitative estimate of drug-likeness (QED) is 0.605. The van der Waals surface area contributed by atoms with Gasteiger partial charge in [0, 0.05) is 17.1 Å². The van der Waals surface area contributed by atoms with E-state index in [2.05, 4.69) is 47.3 Å². The molecular formula is C14H14BN3. The summed E-state index contributed by atoms with van der Waals surface area (Å²) in [7, 11) is 1.93. The van der Waals surface area contributed by atoms with Crippen LogP contribution in [0.15, 0.2) is 36.5 Å². The van der Waals surface area contributed by atoms with Crippen molar-refractivity contribution in [2.45, 2.75) is 13.8 Å². The molecule has 0 unspecified atom stereocenters. The Morgan fingerprint density at radius 3 is 2.72 bits per heavy atom. The maximum Gasteiger partial charge on any atom is 0.251 e. The van der Waals surface area contributed by atoms with Gasteiger partial charge in [-0.05, 0) is 25.5 Å². The van der Waals surface area contributed by atoms with Crippen LogP contribution in [0.25, 0.3) is 22.2 Å². The van der Waals surface area contributed by atoms with E-state index in [0.717, 1.165) is 22.3 Å². The molecule has 3 rings (SSSR count). The lowest BCUT2D eigenvalue weighted by Gasteiger charge is -2.03. The van der Waals surface area contributed by atoms with Gasteiger partial charge < -0.3 is 4.59 Å². The van der Waals surface area contributed by atoms with E-state index in [0.29, 0.717) is 0 Å². The lowest BCUT2D eigenvalue weighted by Crippen LogP contribution is -1.94. The first-order chi connectivity index (χ1) is 8.65. The zero-order valence-electron chi connectivity index (χ0n) is 10.8. The molecule has 0 bridgehead atoms. The molecule has 3 aromatic rings. The van der Waals surface area contributed by atoms with Crippen LogP contribution in [-0.4, -0.2) is 22.7 Å². The van der Waals surface area contributed by atoms with Gasteiger partial charge in [0.15, 0.2) is 0 Å². The number of aromatic nitrogens is 3. The molecule has 0 saturated carbocycles. The predicted molar refractivity (Wildman–Crippen MR) is 76.4 cm³/mol. The maximum atomic E-state index is 4.51. The van der Waals surface area contributed by atoms with Crippen LogP contribution in [0.3, 0.4) is 0 Å². The third-order valence-electron chi connectivity index (χ3n) is 3.21. The number of fused-ring (bicyclic) bond motifs is 1.